The smallest absolute Gasteiger partial charge is 0.252 e. The van der Waals surface area contributed by atoms with Gasteiger partial charge in [-0.3, -0.25) is 0 Å². The van der Waals surface area contributed by atoms with Crippen LogP contribution >= 0.6 is 22.7 Å². The lowest BCUT2D eigenvalue weighted by Crippen LogP contribution is -2.35. The zero-order valence-corrected chi connectivity index (χ0v) is 14.8. The molecule has 4 nitrogen and oxygen atoms in total. The van der Waals surface area contributed by atoms with Gasteiger partial charge in [-0.05, 0) is 48.8 Å². The van der Waals surface area contributed by atoms with Crippen molar-refractivity contribution in [3.63, 3.8) is 0 Å². The molecule has 0 aromatic carbocycles. The van der Waals surface area contributed by atoms with Gasteiger partial charge in [0.15, 0.2) is 0 Å². The van der Waals surface area contributed by atoms with Crippen molar-refractivity contribution in [2.75, 3.05) is 14.1 Å². The van der Waals surface area contributed by atoms with Gasteiger partial charge in [-0.15, -0.1) is 22.7 Å². The van der Waals surface area contributed by atoms with E-state index in [4.69, 9.17) is 0 Å². The molecule has 0 saturated heterocycles. The average Bonchev–Trinajstić information content (AvgIpc) is 3.09. The van der Waals surface area contributed by atoms with Crippen LogP contribution in [0, 0.1) is 0 Å². The van der Waals surface area contributed by atoms with Gasteiger partial charge >= 0.3 is 0 Å². The quantitative estimate of drug-likeness (QED) is 0.840. The molecule has 0 aliphatic rings. The summed E-state index contributed by atoms with van der Waals surface area (Å²) >= 11 is 2.94. The van der Waals surface area contributed by atoms with E-state index < -0.39 is 10.0 Å². The molecule has 0 aliphatic heterocycles. The van der Waals surface area contributed by atoms with Gasteiger partial charge in [0, 0.05) is 24.5 Å². The van der Waals surface area contributed by atoms with Crippen LogP contribution in [0.1, 0.15) is 17.4 Å². The minimum Gasteiger partial charge on any atom is -0.316 e. The van der Waals surface area contributed by atoms with E-state index in [-0.39, 0.29) is 6.04 Å². The molecule has 0 radical (unpaired) electrons. The summed E-state index contributed by atoms with van der Waals surface area (Å²) in [7, 11) is 0.0959. The van der Waals surface area contributed by atoms with Crippen molar-refractivity contribution in [1.82, 2.24) is 9.62 Å². The summed E-state index contributed by atoms with van der Waals surface area (Å²) in [6.07, 6.45) is 0.738. The first-order chi connectivity index (χ1) is 9.95. The number of nitrogens with zero attached hydrogens (tertiary/aromatic N) is 1. The fourth-order valence-corrected chi connectivity index (χ4v) is 5.59. The van der Waals surface area contributed by atoms with Crippen LogP contribution in [-0.2, 0) is 23.0 Å². The molecule has 0 aliphatic carbocycles. The Morgan fingerprint density at radius 2 is 2.14 bits per heavy atom. The fourth-order valence-electron chi connectivity index (χ4n) is 2.01. The molecule has 0 fully saturated rings. The summed E-state index contributed by atoms with van der Waals surface area (Å²) < 4.78 is 27.2. The van der Waals surface area contributed by atoms with Crippen LogP contribution in [0.4, 0.5) is 0 Å². The molecule has 0 bridgehead atoms. The SMILES string of the molecule is CNCc1csc(S(=O)(=O)N(C)C(C)Cc2cccs2)c1. The van der Waals surface area contributed by atoms with Crippen molar-refractivity contribution >= 4 is 32.7 Å². The predicted molar refractivity (Wildman–Crippen MR) is 89.5 cm³/mol. The predicted octanol–water partition coefficient (Wildman–Crippen LogP) is 2.78. The third-order valence-corrected chi connectivity index (χ3v) is 7.68. The molecule has 21 heavy (non-hydrogen) atoms. The van der Waals surface area contributed by atoms with Crippen LogP contribution in [-0.4, -0.2) is 32.9 Å². The Labute approximate surface area is 134 Å². The van der Waals surface area contributed by atoms with Crippen LogP contribution < -0.4 is 5.32 Å². The maximum Gasteiger partial charge on any atom is 0.252 e. The van der Waals surface area contributed by atoms with E-state index in [2.05, 4.69) is 5.32 Å². The summed E-state index contributed by atoms with van der Waals surface area (Å²) in [6.45, 7) is 2.62. The summed E-state index contributed by atoms with van der Waals surface area (Å²) in [5.74, 6) is 0. The number of nitrogens with one attached hydrogen (secondary N) is 1. The van der Waals surface area contributed by atoms with Crippen molar-refractivity contribution in [3.8, 4) is 0 Å². The van der Waals surface area contributed by atoms with Gasteiger partial charge in [0.05, 0.1) is 0 Å². The van der Waals surface area contributed by atoms with Gasteiger partial charge in [-0.1, -0.05) is 6.07 Å². The number of rotatable bonds is 7. The van der Waals surface area contributed by atoms with Gasteiger partial charge < -0.3 is 5.32 Å². The van der Waals surface area contributed by atoms with E-state index in [1.165, 1.54) is 20.5 Å². The first-order valence-corrected chi connectivity index (χ1v) is 9.87. The fraction of sp³-hybridized carbons (Fsp3) is 0.429. The average molecular weight is 345 g/mol. The summed E-state index contributed by atoms with van der Waals surface area (Å²) in [4.78, 5) is 1.20. The first kappa shape index (κ1) is 16.6. The molecule has 1 atom stereocenters. The number of hydrogen-bond acceptors (Lipinski definition) is 5. The van der Waals surface area contributed by atoms with Crippen molar-refractivity contribution in [3.05, 3.63) is 39.4 Å². The van der Waals surface area contributed by atoms with Crippen LogP contribution in [0.2, 0.25) is 0 Å². The maximum atomic E-state index is 12.6. The molecule has 2 heterocycles. The molecular weight excluding hydrogens is 324 g/mol. The zero-order valence-electron chi connectivity index (χ0n) is 12.4. The van der Waals surface area contributed by atoms with E-state index in [0.29, 0.717) is 10.8 Å². The molecule has 2 aromatic heterocycles. The number of hydrogen-bond donors (Lipinski definition) is 1. The molecule has 0 saturated carbocycles. The van der Waals surface area contributed by atoms with Gasteiger partial charge in [-0.2, -0.15) is 4.31 Å². The summed E-state index contributed by atoms with van der Waals surface area (Å²) in [6, 6.07) is 5.72. The second-order valence-corrected chi connectivity index (χ2v) is 9.13. The highest BCUT2D eigenvalue weighted by atomic mass is 32.2. The molecule has 0 amide bonds. The van der Waals surface area contributed by atoms with Crippen molar-refractivity contribution < 1.29 is 8.42 Å². The summed E-state index contributed by atoms with van der Waals surface area (Å²) in [5.41, 5.74) is 1.00. The molecule has 1 unspecified atom stereocenters. The molecule has 1 N–H and O–H groups in total. The molecule has 0 spiro atoms. The minimum absolute atomic E-state index is 0.0662. The lowest BCUT2D eigenvalue weighted by atomic mass is 10.2. The van der Waals surface area contributed by atoms with E-state index >= 15 is 0 Å². The second-order valence-electron chi connectivity index (χ2n) is 4.96. The van der Waals surface area contributed by atoms with E-state index in [0.717, 1.165) is 12.0 Å². The lowest BCUT2D eigenvalue weighted by molar-refractivity contribution is 0.389. The van der Waals surface area contributed by atoms with Crippen molar-refractivity contribution in [2.24, 2.45) is 0 Å². The van der Waals surface area contributed by atoms with Gasteiger partial charge in [0.1, 0.15) is 4.21 Å². The van der Waals surface area contributed by atoms with Crippen LogP contribution in [0.25, 0.3) is 0 Å². The van der Waals surface area contributed by atoms with Gasteiger partial charge in [0.25, 0.3) is 10.0 Å². The Hall–Kier alpha value is -0.730. The van der Waals surface area contributed by atoms with E-state index in [1.807, 2.05) is 36.9 Å². The second kappa shape index (κ2) is 7.02. The molecule has 116 valence electrons. The zero-order chi connectivity index (χ0) is 15.5. The first-order valence-electron chi connectivity index (χ1n) is 6.67. The minimum atomic E-state index is -3.41. The Bertz CT molecular complexity index is 662. The third-order valence-electron chi connectivity index (χ3n) is 3.34. The van der Waals surface area contributed by atoms with Crippen molar-refractivity contribution in [1.29, 1.82) is 0 Å². The van der Waals surface area contributed by atoms with E-state index in [1.54, 1.807) is 24.5 Å². The largest absolute Gasteiger partial charge is 0.316 e. The highest BCUT2D eigenvalue weighted by Crippen LogP contribution is 2.25. The number of thiophene rings is 2. The Kier molecular flexibility index (Phi) is 5.56. The maximum absolute atomic E-state index is 12.6. The molecular formula is C14H20N2O2S3. The number of likely N-dealkylation sites (N-methyl/N-ethyl adjacent to an activating group) is 1. The highest BCUT2D eigenvalue weighted by molar-refractivity contribution is 7.91. The lowest BCUT2D eigenvalue weighted by Gasteiger charge is -2.23. The molecule has 2 rings (SSSR count). The van der Waals surface area contributed by atoms with Crippen LogP contribution in [0.15, 0.2) is 33.2 Å². The molecule has 7 heteroatoms. The van der Waals surface area contributed by atoms with Gasteiger partial charge in [0.2, 0.25) is 0 Å². The Morgan fingerprint density at radius 3 is 2.76 bits per heavy atom. The topological polar surface area (TPSA) is 49.4 Å². The Morgan fingerprint density at radius 1 is 1.38 bits per heavy atom. The van der Waals surface area contributed by atoms with Gasteiger partial charge in [-0.25, -0.2) is 8.42 Å². The normalized spacial score (nSPS) is 13.7. The Balaban J connectivity index is 2.13. The third kappa shape index (κ3) is 3.92. The summed E-state index contributed by atoms with van der Waals surface area (Å²) in [5, 5.41) is 6.93. The van der Waals surface area contributed by atoms with Crippen LogP contribution in [0.3, 0.4) is 0 Å². The molecule has 2 aromatic rings. The standard InChI is InChI=1S/C14H20N2O2S3/c1-11(7-13-5-4-6-19-13)16(3)21(17,18)14-8-12(9-15-2)10-20-14/h4-6,8,10-11,15H,7,9H2,1-3H3. The number of sulfonamides is 1. The monoisotopic (exact) mass is 344 g/mol. The van der Waals surface area contributed by atoms with Crippen molar-refractivity contribution in [2.45, 2.75) is 30.1 Å². The van der Waals surface area contributed by atoms with Crippen LogP contribution in [0.5, 0.6) is 0 Å². The highest BCUT2D eigenvalue weighted by Gasteiger charge is 2.27. The van der Waals surface area contributed by atoms with E-state index in [9.17, 15) is 8.42 Å².